The van der Waals surface area contributed by atoms with Crippen LogP contribution in [0.2, 0.25) is 0 Å². The quantitative estimate of drug-likeness (QED) is 0.121. The molecular weight excluding hydrogens is 679 g/mol. The lowest BCUT2D eigenvalue weighted by Gasteiger charge is -2.43. The van der Waals surface area contributed by atoms with Gasteiger partial charge in [0, 0.05) is 44.2 Å². The molecule has 1 saturated heterocycles. The average molecular weight is 728 g/mol. The van der Waals surface area contributed by atoms with Crippen LogP contribution in [0.5, 0.6) is 11.5 Å². The van der Waals surface area contributed by atoms with E-state index in [1.807, 2.05) is 60.7 Å². The van der Waals surface area contributed by atoms with Gasteiger partial charge in [-0.2, -0.15) is 0 Å². The minimum Gasteiger partial charge on any atom is -0.493 e. The van der Waals surface area contributed by atoms with Gasteiger partial charge in [-0.3, -0.25) is 4.90 Å². The van der Waals surface area contributed by atoms with Crippen LogP contribution in [-0.2, 0) is 42.1 Å². The summed E-state index contributed by atoms with van der Waals surface area (Å²) in [6.45, 7) is 5.51. The standard InChI is InChI=1S/C45H49N3O6/c1-30-42(28-48-20-19-37-23-40(51-2)41(52-3)24-39(37)27-48)53-44(54-43(30)34-17-15-32(29-49)16-18-34)38-14-8-13-36(22-38)35-12-7-11-33(21-35)26-47-45(50)46-25-31-9-5-4-6-10-31/h4-18,21-24,30,42-44,49H,19-20,25-29H2,1-3H3,(H2,46,47,50). The smallest absolute Gasteiger partial charge is 0.315 e. The second kappa shape index (κ2) is 17.3. The Morgan fingerprint density at radius 1 is 0.741 bits per heavy atom. The largest absolute Gasteiger partial charge is 0.493 e. The average Bonchev–Trinajstić information content (AvgIpc) is 3.23. The maximum absolute atomic E-state index is 12.5. The number of benzene rings is 5. The molecule has 9 nitrogen and oxygen atoms in total. The van der Waals surface area contributed by atoms with E-state index in [1.165, 1.54) is 11.1 Å². The van der Waals surface area contributed by atoms with Gasteiger partial charge in [0.2, 0.25) is 0 Å². The van der Waals surface area contributed by atoms with Gasteiger partial charge >= 0.3 is 6.03 Å². The number of aliphatic hydroxyl groups excluding tert-OH is 1. The minimum absolute atomic E-state index is 0.00563. The predicted octanol–water partition coefficient (Wildman–Crippen LogP) is 7.71. The van der Waals surface area contributed by atoms with E-state index >= 15 is 0 Å². The summed E-state index contributed by atoms with van der Waals surface area (Å²) in [5, 5.41) is 15.6. The summed E-state index contributed by atoms with van der Waals surface area (Å²) in [7, 11) is 3.35. The lowest BCUT2D eigenvalue weighted by Crippen LogP contribution is -2.45. The van der Waals surface area contributed by atoms with E-state index in [4.69, 9.17) is 18.9 Å². The van der Waals surface area contributed by atoms with Crippen LogP contribution in [0, 0.1) is 5.92 Å². The van der Waals surface area contributed by atoms with Crippen LogP contribution in [0.3, 0.4) is 0 Å². The number of hydrogen-bond acceptors (Lipinski definition) is 7. The van der Waals surface area contributed by atoms with Gasteiger partial charge in [0.1, 0.15) is 0 Å². The Labute approximate surface area is 317 Å². The van der Waals surface area contributed by atoms with Crippen molar-refractivity contribution in [3.63, 3.8) is 0 Å². The van der Waals surface area contributed by atoms with E-state index in [-0.39, 0.29) is 30.8 Å². The normalized spacial score (nSPS) is 19.8. The minimum atomic E-state index is -0.590. The van der Waals surface area contributed by atoms with Crippen molar-refractivity contribution in [1.82, 2.24) is 15.5 Å². The van der Waals surface area contributed by atoms with Crippen molar-refractivity contribution in [1.29, 1.82) is 0 Å². The lowest BCUT2D eigenvalue weighted by atomic mass is 9.89. The molecule has 5 aromatic rings. The number of urea groups is 1. The van der Waals surface area contributed by atoms with E-state index in [1.54, 1.807) is 14.2 Å². The Morgan fingerprint density at radius 3 is 2.13 bits per heavy atom. The Morgan fingerprint density at radius 2 is 1.41 bits per heavy atom. The monoisotopic (exact) mass is 727 g/mol. The van der Waals surface area contributed by atoms with Crippen molar-refractivity contribution < 1.29 is 28.8 Å². The highest BCUT2D eigenvalue weighted by atomic mass is 16.7. The number of nitrogens with zero attached hydrogens (tertiary/aromatic N) is 1. The van der Waals surface area contributed by atoms with Gasteiger partial charge in [-0.05, 0) is 75.2 Å². The van der Waals surface area contributed by atoms with E-state index < -0.39 is 6.29 Å². The lowest BCUT2D eigenvalue weighted by molar-refractivity contribution is -0.276. The number of ether oxygens (including phenoxy) is 4. The second-order valence-electron chi connectivity index (χ2n) is 14.1. The Kier molecular flexibility index (Phi) is 11.9. The zero-order chi connectivity index (χ0) is 37.4. The summed E-state index contributed by atoms with van der Waals surface area (Å²) in [6.07, 6.45) is -0.000986. The fourth-order valence-electron chi connectivity index (χ4n) is 7.43. The number of carbonyl (C=O) groups excluding carboxylic acids is 1. The zero-order valence-electron chi connectivity index (χ0n) is 31.2. The van der Waals surface area contributed by atoms with E-state index in [9.17, 15) is 9.90 Å². The molecule has 54 heavy (non-hydrogen) atoms. The first-order valence-corrected chi connectivity index (χ1v) is 18.6. The van der Waals surface area contributed by atoms with Crippen LogP contribution in [0.25, 0.3) is 11.1 Å². The fourth-order valence-corrected chi connectivity index (χ4v) is 7.43. The topological polar surface area (TPSA) is 102 Å². The van der Waals surface area contributed by atoms with Crippen LogP contribution < -0.4 is 20.1 Å². The number of aliphatic hydroxyl groups is 1. The van der Waals surface area contributed by atoms with Crippen molar-refractivity contribution in [3.05, 3.63) is 154 Å². The molecule has 7 rings (SSSR count). The Hall–Kier alpha value is -5.19. The molecule has 2 heterocycles. The number of fused-ring (bicyclic) bond motifs is 1. The number of nitrogens with one attached hydrogen (secondary N) is 2. The summed E-state index contributed by atoms with van der Waals surface area (Å²) in [6, 6.07) is 38.4. The van der Waals surface area contributed by atoms with Crippen molar-refractivity contribution in [3.8, 4) is 22.6 Å². The first-order chi connectivity index (χ1) is 26.4. The van der Waals surface area contributed by atoms with E-state index in [0.717, 1.165) is 76.5 Å². The van der Waals surface area contributed by atoms with Crippen LogP contribution in [0.15, 0.2) is 115 Å². The maximum Gasteiger partial charge on any atom is 0.315 e. The highest BCUT2D eigenvalue weighted by molar-refractivity contribution is 5.74. The molecule has 2 aliphatic heterocycles. The molecule has 0 radical (unpaired) electrons. The van der Waals surface area contributed by atoms with Crippen LogP contribution in [-0.4, -0.2) is 49.5 Å². The first-order valence-electron chi connectivity index (χ1n) is 18.6. The highest BCUT2D eigenvalue weighted by Gasteiger charge is 2.39. The molecular formula is C45H49N3O6. The van der Waals surface area contributed by atoms with Gasteiger partial charge in [-0.25, -0.2) is 4.79 Å². The third-order valence-corrected chi connectivity index (χ3v) is 10.5. The fraction of sp³-hybridized carbons (Fsp3) is 0.311. The van der Waals surface area contributed by atoms with Gasteiger partial charge < -0.3 is 34.7 Å². The SMILES string of the molecule is COc1cc2c(cc1OC)CN(CC1OC(c3cccc(-c4cccc(CNC(=O)NCc5ccccc5)c4)c3)OC(c3ccc(CO)cc3)C1C)CC2. The van der Waals surface area contributed by atoms with Crippen molar-refractivity contribution in [2.24, 2.45) is 5.92 Å². The van der Waals surface area contributed by atoms with Crippen LogP contribution >= 0.6 is 0 Å². The van der Waals surface area contributed by atoms with Crippen molar-refractivity contribution >= 4 is 6.03 Å². The van der Waals surface area contributed by atoms with Crippen molar-refractivity contribution in [2.75, 3.05) is 27.3 Å². The molecule has 3 N–H and O–H groups in total. The van der Waals surface area contributed by atoms with Gasteiger partial charge in [0.25, 0.3) is 0 Å². The summed E-state index contributed by atoms with van der Waals surface area (Å²) in [5.74, 6) is 1.56. The number of hydrogen-bond donors (Lipinski definition) is 3. The molecule has 9 heteroatoms. The van der Waals surface area contributed by atoms with E-state index in [2.05, 4.69) is 77.1 Å². The molecule has 2 amide bonds. The van der Waals surface area contributed by atoms with Gasteiger partial charge in [-0.1, -0.05) is 97.9 Å². The van der Waals surface area contributed by atoms with Crippen LogP contribution in [0.1, 0.15) is 58.3 Å². The Balaban J connectivity index is 1.08. The van der Waals surface area contributed by atoms with E-state index in [0.29, 0.717) is 13.1 Å². The summed E-state index contributed by atoms with van der Waals surface area (Å²) in [4.78, 5) is 15.0. The molecule has 4 unspecified atom stereocenters. The number of rotatable bonds is 12. The van der Waals surface area contributed by atoms with Gasteiger partial charge in [0.05, 0.1) is 33.0 Å². The van der Waals surface area contributed by atoms with Gasteiger partial charge in [0.15, 0.2) is 17.8 Å². The Bertz CT molecular complexity index is 2020. The van der Waals surface area contributed by atoms with Gasteiger partial charge in [-0.15, -0.1) is 0 Å². The third kappa shape index (κ3) is 8.77. The van der Waals surface area contributed by atoms with Crippen LogP contribution in [0.4, 0.5) is 4.79 Å². The highest BCUT2D eigenvalue weighted by Crippen LogP contribution is 2.43. The maximum atomic E-state index is 12.5. The molecule has 0 spiro atoms. The molecule has 0 aliphatic carbocycles. The molecule has 1 fully saturated rings. The molecule has 0 bridgehead atoms. The number of amides is 2. The van der Waals surface area contributed by atoms with Crippen molar-refractivity contribution in [2.45, 2.75) is 58.1 Å². The second-order valence-corrected chi connectivity index (χ2v) is 14.1. The molecule has 280 valence electrons. The zero-order valence-corrected chi connectivity index (χ0v) is 31.2. The molecule has 0 saturated carbocycles. The molecule has 2 aliphatic rings. The first kappa shape index (κ1) is 37.1. The number of methoxy groups -OCH3 is 2. The third-order valence-electron chi connectivity index (χ3n) is 10.5. The summed E-state index contributed by atoms with van der Waals surface area (Å²) in [5.41, 5.74) is 9.50. The summed E-state index contributed by atoms with van der Waals surface area (Å²) < 4.78 is 24.9. The summed E-state index contributed by atoms with van der Waals surface area (Å²) >= 11 is 0. The molecule has 4 atom stereocenters. The predicted molar refractivity (Wildman–Crippen MR) is 209 cm³/mol. The number of carbonyl (C=O) groups is 1. The molecule has 5 aromatic carbocycles. The molecule has 0 aromatic heterocycles.